The first-order valence-corrected chi connectivity index (χ1v) is 10.3. The number of hydrogen-bond acceptors (Lipinski definition) is 2. The summed E-state index contributed by atoms with van der Waals surface area (Å²) in [5.74, 6) is -0.286. The highest BCUT2D eigenvalue weighted by atomic mass is 79.9. The highest BCUT2D eigenvalue weighted by molar-refractivity contribution is 9.10. The van der Waals surface area contributed by atoms with Crippen molar-refractivity contribution in [3.05, 3.63) is 69.2 Å². The van der Waals surface area contributed by atoms with Gasteiger partial charge in [0.2, 0.25) is 11.8 Å². The fourth-order valence-electron chi connectivity index (χ4n) is 2.77. The van der Waals surface area contributed by atoms with Gasteiger partial charge in [-0.2, -0.15) is 0 Å². The van der Waals surface area contributed by atoms with Crippen LogP contribution in [0.25, 0.3) is 0 Å². The molecule has 1 atom stereocenters. The molecule has 0 aliphatic carbocycles. The summed E-state index contributed by atoms with van der Waals surface area (Å²) in [4.78, 5) is 27.4. The average molecular weight is 466 g/mol. The van der Waals surface area contributed by atoms with E-state index in [2.05, 4.69) is 21.2 Å². The van der Waals surface area contributed by atoms with Crippen molar-refractivity contribution in [3.8, 4) is 0 Å². The maximum absolute atomic E-state index is 13.1. The van der Waals surface area contributed by atoms with Crippen LogP contribution in [0.5, 0.6) is 0 Å². The Hall–Kier alpha value is -1.85. The first-order chi connectivity index (χ1) is 13.0. The molecule has 150 valence electrons. The number of halogens is 2. The standard InChI is InChI=1S/C22H26BrClN2O2/c1-15(21(28)25-22(2,3)4)26(14-17-6-5-7-18(23)12-17)20(27)13-16-8-10-19(24)11-9-16/h5-12,15H,13-14H2,1-4H3,(H,25,28)/t15-/m0/s1. The summed E-state index contributed by atoms with van der Waals surface area (Å²) >= 11 is 9.39. The molecule has 2 aromatic carbocycles. The molecule has 0 aromatic heterocycles. The van der Waals surface area contributed by atoms with E-state index < -0.39 is 6.04 Å². The van der Waals surface area contributed by atoms with E-state index in [9.17, 15) is 9.59 Å². The zero-order valence-electron chi connectivity index (χ0n) is 16.6. The van der Waals surface area contributed by atoms with Crippen molar-refractivity contribution < 1.29 is 9.59 Å². The molecule has 2 amide bonds. The molecule has 0 saturated heterocycles. The topological polar surface area (TPSA) is 49.4 Å². The summed E-state index contributed by atoms with van der Waals surface area (Å²) in [7, 11) is 0. The lowest BCUT2D eigenvalue weighted by molar-refractivity contribution is -0.140. The molecule has 28 heavy (non-hydrogen) atoms. The van der Waals surface area contributed by atoms with E-state index in [-0.39, 0.29) is 23.8 Å². The maximum atomic E-state index is 13.1. The first-order valence-electron chi connectivity index (χ1n) is 9.15. The third-order valence-electron chi connectivity index (χ3n) is 4.18. The van der Waals surface area contributed by atoms with E-state index in [1.54, 1.807) is 24.0 Å². The number of nitrogens with one attached hydrogen (secondary N) is 1. The maximum Gasteiger partial charge on any atom is 0.242 e. The molecule has 4 nitrogen and oxygen atoms in total. The van der Waals surface area contributed by atoms with Gasteiger partial charge in [-0.15, -0.1) is 0 Å². The van der Waals surface area contributed by atoms with Crippen molar-refractivity contribution in [1.82, 2.24) is 10.2 Å². The van der Waals surface area contributed by atoms with Crippen LogP contribution in [0.4, 0.5) is 0 Å². The zero-order chi connectivity index (χ0) is 20.9. The second kappa shape index (κ2) is 9.57. The van der Waals surface area contributed by atoms with Crippen molar-refractivity contribution >= 4 is 39.3 Å². The van der Waals surface area contributed by atoms with Crippen LogP contribution in [0.2, 0.25) is 5.02 Å². The third-order valence-corrected chi connectivity index (χ3v) is 4.92. The quantitative estimate of drug-likeness (QED) is 0.654. The molecule has 0 aliphatic rings. The second-order valence-corrected chi connectivity index (χ2v) is 9.22. The molecule has 2 rings (SSSR count). The van der Waals surface area contributed by atoms with E-state index in [1.807, 2.05) is 57.2 Å². The van der Waals surface area contributed by atoms with Gasteiger partial charge < -0.3 is 10.2 Å². The van der Waals surface area contributed by atoms with Crippen LogP contribution in [0, 0.1) is 0 Å². The van der Waals surface area contributed by atoms with Gasteiger partial charge in [-0.3, -0.25) is 9.59 Å². The molecule has 0 fully saturated rings. The molecule has 1 N–H and O–H groups in total. The summed E-state index contributed by atoms with van der Waals surface area (Å²) < 4.78 is 0.932. The highest BCUT2D eigenvalue weighted by Crippen LogP contribution is 2.17. The van der Waals surface area contributed by atoms with Crippen LogP contribution in [-0.2, 0) is 22.6 Å². The summed E-state index contributed by atoms with van der Waals surface area (Å²) in [6, 6.07) is 14.3. The molecule has 0 spiro atoms. The van der Waals surface area contributed by atoms with E-state index >= 15 is 0 Å². The van der Waals surface area contributed by atoms with E-state index in [4.69, 9.17) is 11.6 Å². The number of hydrogen-bond donors (Lipinski definition) is 1. The lowest BCUT2D eigenvalue weighted by Gasteiger charge is -2.31. The molecule has 0 heterocycles. The number of carbonyl (C=O) groups is 2. The third kappa shape index (κ3) is 6.95. The number of benzene rings is 2. The average Bonchev–Trinajstić information content (AvgIpc) is 2.59. The summed E-state index contributed by atoms with van der Waals surface area (Å²) in [6.07, 6.45) is 0.207. The minimum atomic E-state index is -0.599. The minimum Gasteiger partial charge on any atom is -0.350 e. The molecular formula is C22H26BrClN2O2. The number of amides is 2. The van der Waals surface area contributed by atoms with Crippen LogP contribution < -0.4 is 5.32 Å². The Bertz CT molecular complexity index is 831. The predicted octanol–water partition coefficient (Wildman–Crippen LogP) is 4.98. The highest BCUT2D eigenvalue weighted by Gasteiger charge is 2.28. The van der Waals surface area contributed by atoms with Crippen molar-refractivity contribution in [3.63, 3.8) is 0 Å². The molecular weight excluding hydrogens is 440 g/mol. The van der Waals surface area contributed by atoms with Gasteiger partial charge in [0.25, 0.3) is 0 Å². The van der Waals surface area contributed by atoms with Crippen molar-refractivity contribution in [1.29, 1.82) is 0 Å². The van der Waals surface area contributed by atoms with Crippen molar-refractivity contribution in [2.24, 2.45) is 0 Å². The van der Waals surface area contributed by atoms with E-state index in [1.165, 1.54) is 0 Å². The largest absolute Gasteiger partial charge is 0.350 e. The summed E-state index contributed by atoms with van der Waals surface area (Å²) in [5, 5.41) is 3.59. The molecule has 0 unspecified atom stereocenters. The fraction of sp³-hybridized carbons (Fsp3) is 0.364. The molecule has 0 bridgehead atoms. The Morgan fingerprint density at radius 1 is 1.11 bits per heavy atom. The minimum absolute atomic E-state index is 0.112. The van der Waals surface area contributed by atoms with Crippen LogP contribution >= 0.6 is 27.5 Å². The van der Waals surface area contributed by atoms with Crippen LogP contribution in [0.1, 0.15) is 38.8 Å². The number of nitrogens with zero attached hydrogens (tertiary/aromatic N) is 1. The monoisotopic (exact) mass is 464 g/mol. The van der Waals surface area contributed by atoms with Crippen LogP contribution in [0.3, 0.4) is 0 Å². The lowest BCUT2D eigenvalue weighted by atomic mass is 10.1. The van der Waals surface area contributed by atoms with Crippen molar-refractivity contribution in [2.45, 2.75) is 52.2 Å². The van der Waals surface area contributed by atoms with Crippen LogP contribution in [0.15, 0.2) is 53.0 Å². The Morgan fingerprint density at radius 3 is 2.32 bits per heavy atom. The normalized spacial score (nSPS) is 12.4. The Balaban J connectivity index is 2.24. The van der Waals surface area contributed by atoms with Gasteiger partial charge in [0.05, 0.1) is 6.42 Å². The van der Waals surface area contributed by atoms with E-state index in [0.717, 1.165) is 15.6 Å². The predicted molar refractivity (Wildman–Crippen MR) is 117 cm³/mol. The van der Waals surface area contributed by atoms with Gasteiger partial charge in [0.1, 0.15) is 6.04 Å². The van der Waals surface area contributed by atoms with Crippen molar-refractivity contribution in [2.75, 3.05) is 0 Å². The van der Waals surface area contributed by atoms with Gasteiger partial charge in [-0.05, 0) is 63.1 Å². The summed E-state index contributed by atoms with van der Waals surface area (Å²) in [6.45, 7) is 7.88. The number of rotatable bonds is 6. The van der Waals surface area contributed by atoms with Gasteiger partial charge >= 0.3 is 0 Å². The van der Waals surface area contributed by atoms with Gasteiger partial charge in [-0.25, -0.2) is 0 Å². The second-order valence-electron chi connectivity index (χ2n) is 7.87. The molecule has 0 aliphatic heterocycles. The smallest absolute Gasteiger partial charge is 0.242 e. The Kier molecular flexibility index (Phi) is 7.67. The Morgan fingerprint density at radius 2 is 1.75 bits per heavy atom. The molecule has 0 radical (unpaired) electrons. The number of carbonyl (C=O) groups excluding carboxylic acids is 2. The first kappa shape index (κ1) is 22.4. The van der Waals surface area contributed by atoms with Gasteiger partial charge in [-0.1, -0.05) is 51.8 Å². The Labute approximate surface area is 180 Å². The van der Waals surface area contributed by atoms with Gasteiger partial charge in [0, 0.05) is 21.6 Å². The molecule has 6 heteroatoms. The fourth-order valence-corrected chi connectivity index (χ4v) is 3.34. The molecule has 2 aromatic rings. The van der Waals surface area contributed by atoms with Gasteiger partial charge in [0.15, 0.2) is 0 Å². The SMILES string of the molecule is C[C@@H](C(=O)NC(C)(C)C)N(Cc1cccc(Br)c1)C(=O)Cc1ccc(Cl)cc1. The van der Waals surface area contributed by atoms with E-state index in [0.29, 0.717) is 11.6 Å². The molecule has 0 saturated carbocycles. The zero-order valence-corrected chi connectivity index (χ0v) is 19.0. The van der Waals surface area contributed by atoms with Crippen LogP contribution in [-0.4, -0.2) is 28.3 Å². The lowest BCUT2D eigenvalue weighted by Crippen LogP contribution is -2.52. The summed E-state index contributed by atoms with van der Waals surface area (Å²) in [5.41, 5.74) is 1.44.